The number of carbonyl (C=O) groups is 1. The minimum Gasteiger partial charge on any atom is -0.338 e. The first-order valence-electron chi connectivity index (χ1n) is 8.56. The lowest BCUT2D eigenvalue weighted by Gasteiger charge is -2.25. The number of hydrogen-bond acceptors (Lipinski definition) is 5. The largest absolute Gasteiger partial charge is 0.338 e. The van der Waals surface area contributed by atoms with Crippen molar-refractivity contribution < 1.29 is 4.79 Å². The second-order valence-corrected chi connectivity index (χ2v) is 6.50. The monoisotopic (exact) mass is 350 g/mol. The summed E-state index contributed by atoms with van der Waals surface area (Å²) < 4.78 is 0. The average molecular weight is 350 g/mol. The van der Waals surface area contributed by atoms with Crippen LogP contribution in [0, 0.1) is 5.92 Å². The van der Waals surface area contributed by atoms with Crippen molar-refractivity contribution in [2.45, 2.75) is 26.4 Å². The van der Waals surface area contributed by atoms with Crippen LogP contribution in [0.15, 0.2) is 54.7 Å². The van der Waals surface area contributed by atoms with E-state index >= 15 is 0 Å². The Kier molecular flexibility index (Phi) is 5.36. The number of hydrogen-bond donors (Lipinski definition) is 0. The summed E-state index contributed by atoms with van der Waals surface area (Å²) in [4.78, 5) is 20.4. The van der Waals surface area contributed by atoms with E-state index in [1.165, 1.54) is 4.80 Å². The molecule has 0 radical (unpaired) electrons. The third kappa shape index (κ3) is 3.93. The first-order chi connectivity index (χ1) is 12.6. The van der Waals surface area contributed by atoms with Crippen LogP contribution in [0.3, 0.4) is 0 Å². The van der Waals surface area contributed by atoms with Gasteiger partial charge >= 0.3 is 0 Å². The molecule has 2 aromatic heterocycles. The van der Waals surface area contributed by atoms with Crippen LogP contribution in [0.2, 0.25) is 0 Å². The molecule has 7 heteroatoms. The molecule has 26 heavy (non-hydrogen) atoms. The molecule has 3 aromatic rings. The number of carbonyl (C=O) groups excluding carboxylic acids is 1. The van der Waals surface area contributed by atoms with Crippen molar-refractivity contribution in [3.63, 3.8) is 0 Å². The molecule has 0 N–H and O–H groups in total. The van der Waals surface area contributed by atoms with E-state index in [1.807, 2.05) is 62.4 Å². The topological polar surface area (TPSA) is 76.8 Å². The minimum atomic E-state index is -0.520. The van der Waals surface area contributed by atoms with Gasteiger partial charge in [0.05, 0.1) is 12.2 Å². The molecule has 0 spiro atoms. The Morgan fingerprint density at radius 2 is 1.85 bits per heavy atom. The van der Waals surface area contributed by atoms with Crippen molar-refractivity contribution in [2.75, 3.05) is 7.05 Å². The van der Waals surface area contributed by atoms with Gasteiger partial charge in [0.1, 0.15) is 0 Å². The van der Waals surface area contributed by atoms with Gasteiger partial charge in [-0.2, -0.15) is 4.80 Å². The Balaban J connectivity index is 1.80. The summed E-state index contributed by atoms with van der Waals surface area (Å²) in [6.45, 7) is 4.38. The van der Waals surface area contributed by atoms with Gasteiger partial charge in [-0.25, -0.2) is 0 Å². The first kappa shape index (κ1) is 17.7. The van der Waals surface area contributed by atoms with E-state index in [1.54, 1.807) is 18.1 Å². The molecular weight excluding hydrogens is 328 g/mol. The molecule has 0 saturated carbocycles. The molecule has 2 heterocycles. The van der Waals surface area contributed by atoms with Crippen LogP contribution in [0.1, 0.15) is 25.6 Å². The highest BCUT2D eigenvalue weighted by molar-refractivity contribution is 5.80. The number of pyridine rings is 1. The minimum absolute atomic E-state index is 0.0199. The Bertz CT molecular complexity index is 847. The highest BCUT2D eigenvalue weighted by Crippen LogP contribution is 2.21. The molecule has 134 valence electrons. The van der Waals surface area contributed by atoms with E-state index in [9.17, 15) is 4.79 Å². The van der Waals surface area contributed by atoms with Gasteiger partial charge in [0.25, 0.3) is 0 Å². The lowest BCUT2D eigenvalue weighted by atomic mass is 10.0. The molecule has 1 amide bonds. The van der Waals surface area contributed by atoms with Crippen molar-refractivity contribution in [2.24, 2.45) is 5.92 Å². The van der Waals surface area contributed by atoms with E-state index in [0.717, 1.165) is 11.3 Å². The number of amides is 1. The zero-order valence-electron chi connectivity index (χ0n) is 15.1. The summed E-state index contributed by atoms with van der Waals surface area (Å²) in [6.07, 6.45) is 1.72. The van der Waals surface area contributed by atoms with Gasteiger partial charge in [0.15, 0.2) is 6.04 Å². The van der Waals surface area contributed by atoms with Crippen LogP contribution in [0.25, 0.3) is 11.4 Å². The van der Waals surface area contributed by atoms with E-state index in [-0.39, 0.29) is 11.8 Å². The molecule has 3 rings (SSSR count). The summed E-state index contributed by atoms with van der Waals surface area (Å²) in [5.74, 6) is 0.464. The molecule has 0 bridgehead atoms. The molecule has 1 atom stereocenters. The van der Waals surface area contributed by atoms with E-state index in [2.05, 4.69) is 20.4 Å². The maximum Gasteiger partial charge on any atom is 0.249 e. The Morgan fingerprint density at radius 1 is 1.12 bits per heavy atom. The number of likely N-dealkylation sites (N-methyl/N-ethyl adjacent to an activating group) is 1. The smallest absolute Gasteiger partial charge is 0.249 e. The fourth-order valence-electron chi connectivity index (χ4n) is 2.73. The second kappa shape index (κ2) is 7.86. The van der Waals surface area contributed by atoms with Gasteiger partial charge in [-0.15, -0.1) is 10.2 Å². The zero-order valence-corrected chi connectivity index (χ0v) is 15.1. The maximum absolute atomic E-state index is 13.0. The summed E-state index contributed by atoms with van der Waals surface area (Å²) in [5, 5.41) is 12.7. The van der Waals surface area contributed by atoms with Crippen molar-refractivity contribution >= 4 is 5.91 Å². The zero-order chi connectivity index (χ0) is 18.5. The third-order valence-electron chi connectivity index (χ3n) is 4.10. The van der Waals surface area contributed by atoms with E-state index in [0.29, 0.717) is 12.4 Å². The van der Waals surface area contributed by atoms with E-state index in [4.69, 9.17) is 0 Å². The number of tetrazole rings is 1. The second-order valence-electron chi connectivity index (χ2n) is 6.50. The summed E-state index contributed by atoms with van der Waals surface area (Å²) in [7, 11) is 1.77. The number of aromatic nitrogens is 5. The molecule has 1 unspecified atom stereocenters. The molecule has 0 aliphatic carbocycles. The van der Waals surface area contributed by atoms with Gasteiger partial charge < -0.3 is 4.90 Å². The molecule has 0 aliphatic heterocycles. The molecule has 7 nitrogen and oxygen atoms in total. The Labute approximate surface area is 152 Å². The SMILES string of the molecule is CC(C)C(C(=O)N(C)Cc1ccccn1)n1nnc(-c2ccccc2)n1. The molecule has 1 aromatic carbocycles. The van der Waals surface area contributed by atoms with Crippen molar-refractivity contribution in [3.8, 4) is 11.4 Å². The predicted octanol–water partition coefficient (Wildman–Crippen LogP) is 2.59. The summed E-state index contributed by atoms with van der Waals surface area (Å²) in [6, 6.07) is 14.7. The lowest BCUT2D eigenvalue weighted by Crippen LogP contribution is -2.37. The molecule has 0 fully saturated rings. The molecule has 0 aliphatic rings. The van der Waals surface area contributed by atoms with Crippen molar-refractivity contribution in [3.05, 3.63) is 60.4 Å². The predicted molar refractivity (Wildman–Crippen MR) is 97.8 cm³/mol. The summed E-state index contributed by atoms with van der Waals surface area (Å²) >= 11 is 0. The van der Waals surface area contributed by atoms with Crippen molar-refractivity contribution in [1.82, 2.24) is 30.1 Å². The number of benzene rings is 1. The van der Waals surface area contributed by atoms with Gasteiger partial charge in [0, 0.05) is 18.8 Å². The van der Waals surface area contributed by atoms with Gasteiger partial charge in [-0.3, -0.25) is 9.78 Å². The number of rotatable bonds is 6. The van der Waals surface area contributed by atoms with Gasteiger partial charge in [-0.05, 0) is 23.3 Å². The quantitative estimate of drug-likeness (QED) is 0.683. The van der Waals surface area contributed by atoms with Crippen LogP contribution in [-0.4, -0.2) is 43.0 Å². The maximum atomic E-state index is 13.0. The molecular formula is C19H22N6O. The standard InChI is InChI=1S/C19H22N6O/c1-14(2)17(19(26)24(3)13-16-11-7-8-12-20-16)25-22-18(21-23-25)15-9-5-4-6-10-15/h4-12,14,17H,13H2,1-3H3. The average Bonchev–Trinajstić information content (AvgIpc) is 3.12. The van der Waals surface area contributed by atoms with Gasteiger partial charge in [-0.1, -0.05) is 50.2 Å². The van der Waals surface area contributed by atoms with Crippen LogP contribution < -0.4 is 0 Å². The normalized spacial score (nSPS) is 12.2. The Hall–Kier alpha value is -3.09. The number of nitrogens with zero attached hydrogens (tertiary/aromatic N) is 6. The van der Waals surface area contributed by atoms with Crippen LogP contribution in [-0.2, 0) is 11.3 Å². The van der Waals surface area contributed by atoms with Crippen LogP contribution in [0.5, 0.6) is 0 Å². The first-order valence-corrected chi connectivity index (χ1v) is 8.56. The highest BCUT2D eigenvalue weighted by Gasteiger charge is 2.30. The summed E-state index contributed by atoms with van der Waals surface area (Å²) in [5.41, 5.74) is 1.71. The third-order valence-corrected chi connectivity index (χ3v) is 4.10. The fourth-order valence-corrected chi connectivity index (χ4v) is 2.73. The fraction of sp³-hybridized carbons (Fsp3) is 0.316. The lowest BCUT2D eigenvalue weighted by molar-refractivity contribution is -0.136. The Morgan fingerprint density at radius 3 is 2.50 bits per heavy atom. The van der Waals surface area contributed by atoms with Gasteiger partial charge in [0.2, 0.25) is 11.7 Å². The van der Waals surface area contributed by atoms with Crippen molar-refractivity contribution in [1.29, 1.82) is 0 Å². The molecule has 0 saturated heterocycles. The van der Waals surface area contributed by atoms with Crippen LogP contribution in [0.4, 0.5) is 0 Å². The highest BCUT2D eigenvalue weighted by atomic mass is 16.2. The van der Waals surface area contributed by atoms with E-state index < -0.39 is 6.04 Å². The van der Waals surface area contributed by atoms with Crippen LogP contribution >= 0.6 is 0 Å².